The van der Waals surface area contributed by atoms with Gasteiger partial charge in [0.05, 0.1) is 5.69 Å². The molecule has 0 saturated heterocycles. The van der Waals surface area contributed by atoms with Crippen LogP contribution in [0.15, 0.2) is 60.7 Å². The highest BCUT2D eigenvalue weighted by Crippen LogP contribution is 2.45. The summed E-state index contributed by atoms with van der Waals surface area (Å²) in [6.07, 6.45) is 3.06. The molecular formula is C19H18N2S. The highest BCUT2D eigenvalue weighted by atomic mass is 32.1. The normalized spacial score (nSPS) is 16.2. The maximum atomic E-state index is 5.93. The number of fused-ring (bicyclic) bond motifs is 1. The van der Waals surface area contributed by atoms with Crippen molar-refractivity contribution in [2.75, 3.05) is 5.73 Å². The Balaban J connectivity index is 1.88. The van der Waals surface area contributed by atoms with E-state index in [1.165, 1.54) is 21.7 Å². The maximum absolute atomic E-state index is 5.93. The van der Waals surface area contributed by atoms with Crippen LogP contribution in [0, 0.1) is 0 Å². The molecule has 2 N–H and O–H groups in total. The molecule has 0 aliphatic heterocycles. The fraction of sp³-hybridized carbons (Fsp3) is 0.211. The van der Waals surface area contributed by atoms with Gasteiger partial charge in [-0.25, -0.2) is 4.98 Å². The van der Waals surface area contributed by atoms with Gasteiger partial charge in [-0.2, -0.15) is 0 Å². The molecule has 1 aromatic heterocycles. The molecule has 0 fully saturated rings. The van der Waals surface area contributed by atoms with E-state index in [1.807, 2.05) is 0 Å². The van der Waals surface area contributed by atoms with Crippen LogP contribution in [0.1, 0.15) is 28.1 Å². The van der Waals surface area contributed by atoms with Gasteiger partial charge in [-0.1, -0.05) is 60.7 Å². The molecule has 0 amide bonds. The molecule has 0 radical (unpaired) electrons. The standard InChI is InChI=1S/C19H18N2S/c20-18-21-16-11-12-19(13-17(16)22-18,14-7-3-1-4-8-14)15-9-5-2-6-10-15/h1-10H,11-13H2,(H2,20,21). The fourth-order valence-corrected chi connectivity index (χ4v) is 4.60. The molecule has 1 heterocycles. The first kappa shape index (κ1) is 13.5. The van der Waals surface area contributed by atoms with E-state index in [1.54, 1.807) is 11.3 Å². The van der Waals surface area contributed by atoms with Crippen molar-refractivity contribution in [1.82, 2.24) is 4.98 Å². The molecule has 1 aliphatic rings. The Hall–Kier alpha value is -2.13. The molecular weight excluding hydrogens is 288 g/mol. The number of thiazole rings is 1. The molecule has 2 aromatic carbocycles. The Morgan fingerprint density at radius 1 is 0.909 bits per heavy atom. The zero-order chi connectivity index (χ0) is 15.0. The monoisotopic (exact) mass is 306 g/mol. The van der Waals surface area contributed by atoms with Crippen molar-refractivity contribution in [3.05, 3.63) is 82.4 Å². The summed E-state index contributed by atoms with van der Waals surface area (Å²) in [4.78, 5) is 5.84. The van der Waals surface area contributed by atoms with E-state index in [9.17, 15) is 0 Å². The second-order valence-electron chi connectivity index (χ2n) is 5.91. The van der Waals surface area contributed by atoms with Crippen LogP contribution in [0.3, 0.4) is 0 Å². The molecule has 110 valence electrons. The second kappa shape index (κ2) is 5.25. The average molecular weight is 306 g/mol. The van der Waals surface area contributed by atoms with Crippen LogP contribution in [-0.2, 0) is 18.3 Å². The minimum absolute atomic E-state index is 0.0362. The molecule has 0 bridgehead atoms. The third-order valence-electron chi connectivity index (χ3n) is 4.70. The summed E-state index contributed by atoms with van der Waals surface area (Å²) in [6.45, 7) is 0. The molecule has 3 heteroatoms. The minimum Gasteiger partial charge on any atom is -0.375 e. The lowest BCUT2D eigenvalue weighted by Crippen LogP contribution is -2.34. The van der Waals surface area contributed by atoms with Crippen LogP contribution in [0.4, 0.5) is 5.13 Å². The van der Waals surface area contributed by atoms with E-state index in [-0.39, 0.29) is 5.41 Å². The molecule has 0 atom stereocenters. The van der Waals surface area contributed by atoms with Crippen molar-refractivity contribution < 1.29 is 0 Å². The number of rotatable bonds is 2. The van der Waals surface area contributed by atoms with Crippen LogP contribution in [0.5, 0.6) is 0 Å². The Morgan fingerprint density at radius 3 is 2.09 bits per heavy atom. The predicted molar refractivity (Wildman–Crippen MR) is 92.2 cm³/mol. The van der Waals surface area contributed by atoms with E-state index in [4.69, 9.17) is 5.73 Å². The van der Waals surface area contributed by atoms with Gasteiger partial charge in [0.1, 0.15) is 0 Å². The van der Waals surface area contributed by atoms with Gasteiger partial charge in [0.25, 0.3) is 0 Å². The largest absolute Gasteiger partial charge is 0.375 e. The van der Waals surface area contributed by atoms with Gasteiger partial charge >= 0.3 is 0 Å². The van der Waals surface area contributed by atoms with Gasteiger partial charge in [-0.15, -0.1) is 11.3 Å². The highest BCUT2D eigenvalue weighted by molar-refractivity contribution is 7.15. The Morgan fingerprint density at radius 2 is 1.50 bits per heavy atom. The number of hydrogen-bond acceptors (Lipinski definition) is 3. The Bertz CT molecular complexity index is 738. The van der Waals surface area contributed by atoms with Crippen LogP contribution in [0.2, 0.25) is 0 Å². The first-order valence-electron chi connectivity index (χ1n) is 7.63. The summed E-state index contributed by atoms with van der Waals surface area (Å²) in [5.74, 6) is 0. The number of hydrogen-bond donors (Lipinski definition) is 1. The fourth-order valence-electron chi connectivity index (χ4n) is 3.60. The third kappa shape index (κ3) is 2.13. The van der Waals surface area contributed by atoms with Crippen LogP contribution in [0.25, 0.3) is 0 Å². The SMILES string of the molecule is Nc1nc2c(s1)CC(c1ccccc1)(c1ccccc1)CC2. The third-order valence-corrected chi connectivity index (χ3v) is 5.63. The predicted octanol–water partition coefficient (Wildman–Crippen LogP) is 4.20. The van der Waals surface area contributed by atoms with Crippen LogP contribution < -0.4 is 5.73 Å². The molecule has 0 spiro atoms. The van der Waals surface area contributed by atoms with Gasteiger partial charge < -0.3 is 5.73 Å². The summed E-state index contributed by atoms with van der Waals surface area (Å²) >= 11 is 1.65. The van der Waals surface area contributed by atoms with Crippen molar-refractivity contribution in [1.29, 1.82) is 0 Å². The van der Waals surface area contributed by atoms with Gasteiger partial charge in [0.2, 0.25) is 0 Å². The van der Waals surface area contributed by atoms with E-state index in [0.717, 1.165) is 19.3 Å². The van der Waals surface area contributed by atoms with Crippen molar-refractivity contribution in [2.24, 2.45) is 0 Å². The summed E-state index contributed by atoms with van der Waals surface area (Å²) in [5.41, 5.74) is 9.94. The topological polar surface area (TPSA) is 38.9 Å². The lowest BCUT2D eigenvalue weighted by molar-refractivity contribution is 0.445. The van der Waals surface area contributed by atoms with Crippen LogP contribution >= 0.6 is 11.3 Å². The van der Waals surface area contributed by atoms with Crippen molar-refractivity contribution in [3.63, 3.8) is 0 Å². The highest BCUT2D eigenvalue weighted by Gasteiger charge is 2.39. The molecule has 4 rings (SSSR count). The molecule has 22 heavy (non-hydrogen) atoms. The summed E-state index contributed by atoms with van der Waals surface area (Å²) < 4.78 is 0. The van der Waals surface area contributed by atoms with Crippen molar-refractivity contribution in [3.8, 4) is 0 Å². The van der Waals surface area contributed by atoms with E-state index in [2.05, 4.69) is 65.6 Å². The smallest absolute Gasteiger partial charge is 0.180 e. The summed E-state index contributed by atoms with van der Waals surface area (Å²) in [5, 5.41) is 0.696. The number of nitrogens with two attached hydrogens (primary N) is 1. The zero-order valence-corrected chi connectivity index (χ0v) is 13.1. The van der Waals surface area contributed by atoms with Crippen LogP contribution in [-0.4, -0.2) is 4.98 Å². The first-order chi connectivity index (χ1) is 10.8. The number of aromatic nitrogens is 1. The molecule has 2 nitrogen and oxygen atoms in total. The summed E-state index contributed by atoms with van der Waals surface area (Å²) in [7, 11) is 0. The van der Waals surface area contributed by atoms with E-state index >= 15 is 0 Å². The number of benzene rings is 2. The zero-order valence-electron chi connectivity index (χ0n) is 12.3. The maximum Gasteiger partial charge on any atom is 0.180 e. The minimum atomic E-state index is 0.0362. The Labute approximate surface area is 134 Å². The van der Waals surface area contributed by atoms with Crippen molar-refractivity contribution in [2.45, 2.75) is 24.7 Å². The van der Waals surface area contributed by atoms with E-state index in [0.29, 0.717) is 5.13 Å². The quantitative estimate of drug-likeness (QED) is 0.770. The number of anilines is 1. The number of nitrogen functional groups attached to an aromatic ring is 1. The van der Waals surface area contributed by atoms with E-state index < -0.39 is 0 Å². The number of nitrogens with zero attached hydrogens (tertiary/aromatic N) is 1. The van der Waals surface area contributed by atoms with Gasteiger partial charge in [0.15, 0.2) is 5.13 Å². The second-order valence-corrected chi connectivity index (χ2v) is 7.03. The first-order valence-corrected chi connectivity index (χ1v) is 8.45. The molecule has 3 aromatic rings. The van der Waals surface area contributed by atoms with Gasteiger partial charge in [0, 0.05) is 10.3 Å². The summed E-state index contributed by atoms with van der Waals surface area (Å²) in [6, 6.07) is 21.7. The van der Waals surface area contributed by atoms with Gasteiger partial charge in [-0.05, 0) is 30.4 Å². The van der Waals surface area contributed by atoms with Gasteiger partial charge in [-0.3, -0.25) is 0 Å². The lowest BCUT2D eigenvalue weighted by Gasteiger charge is -2.38. The molecule has 0 unspecified atom stereocenters. The lowest BCUT2D eigenvalue weighted by atomic mass is 9.66. The molecule has 0 saturated carbocycles. The van der Waals surface area contributed by atoms with Crippen molar-refractivity contribution >= 4 is 16.5 Å². The molecule has 1 aliphatic carbocycles. The Kier molecular flexibility index (Phi) is 3.23. The number of aryl methyl sites for hydroxylation is 1. The average Bonchev–Trinajstić information content (AvgIpc) is 2.95.